The summed E-state index contributed by atoms with van der Waals surface area (Å²) < 4.78 is 4.97. The number of ether oxygens (including phenoxy) is 1. The van der Waals surface area contributed by atoms with Gasteiger partial charge in [-0.25, -0.2) is 4.79 Å². The van der Waals surface area contributed by atoms with E-state index in [-0.39, 0.29) is 25.5 Å². The van der Waals surface area contributed by atoms with E-state index < -0.39 is 23.7 Å². The number of ketones is 1. The molecular formula is C12H19N3O5. The van der Waals surface area contributed by atoms with Crippen molar-refractivity contribution in [2.24, 2.45) is 0 Å². The molecule has 112 valence electrons. The van der Waals surface area contributed by atoms with Crippen LogP contribution in [0.2, 0.25) is 0 Å². The van der Waals surface area contributed by atoms with Crippen LogP contribution in [0.1, 0.15) is 26.7 Å². The number of hydrogen-bond acceptors (Lipinski definition) is 6. The molecule has 0 heterocycles. The zero-order valence-corrected chi connectivity index (χ0v) is 11.5. The van der Waals surface area contributed by atoms with Gasteiger partial charge in [-0.15, -0.1) is 0 Å². The number of carbonyl (C=O) groups is 4. The van der Waals surface area contributed by atoms with Crippen LogP contribution in [0.5, 0.6) is 0 Å². The molecule has 0 aliphatic rings. The van der Waals surface area contributed by atoms with Crippen molar-refractivity contribution >= 4 is 30.3 Å². The molecule has 0 fully saturated rings. The summed E-state index contributed by atoms with van der Waals surface area (Å²) in [6, 6.07) is -0.984. The molecule has 0 spiro atoms. The zero-order chi connectivity index (χ0) is 15.5. The van der Waals surface area contributed by atoms with Gasteiger partial charge in [-0.05, 0) is 20.3 Å². The van der Waals surface area contributed by atoms with Crippen LogP contribution in [0, 0.1) is 5.41 Å². The Kier molecular flexibility index (Phi) is 8.56. The first-order valence-electron chi connectivity index (χ1n) is 6.10. The molecule has 0 saturated carbocycles. The maximum atomic E-state index is 11.8. The fourth-order valence-electron chi connectivity index (χ4n) is 1.30. The highest BCUT2D eigenvalue weighted by Crippen LogP contribution is 2.03. The van der Waals surface area contributed by atoms with Crippen molar-refractivity contribution < 1.29 is 23.9 Å². The van der Waals surface area contributed by atoms with Gasteiger partial charge in [-0.2, -0.15) is 0 Å². The first-order valence-corrected chi connectivity index (χ1v) is 6.10. The fraction of sp³-hybridized carbons (Fsp3) is 0.583. The third kappa shape index (κ3) is 7.96. The van der Waals surface area contributed by atoms with E-state index in [1.165, 1.54) is 0 Å². The van der Waals surface area contributed by atoms with Gasteiger partial charge < -0.3 is 20.8 Å². The Labute approximate surface area is 116 Å². The van der Waals surface area contributed by atoms with Gasteiger partial charge in [0.15, 0.2) is 5.78 Å². The van der Waals surface area contributed by atoms with E-state index in [0.29, 0.717) is 12.6 Å². The largest absolute Gasteiger partial charge is 0.461 e. The van der Waals surface area contributed by atoms with Crippen LogP contribution in [0.3, 0.4) is 0 Å². The van der Waals surface area contributed by atoms with Gasteiger partial charge in [-0.3, -0.25) is 14.4 Å². The number of amides is 2. The molecule has 0 bridgehead atoms. The average Bonchev–Trinajstić information content (AvgIpc) is 2.39. The summed E-state index contributed by atoms with van der Waals surface area (Å²) in [6.07, 6.45) is 0.642. The molecule has 0 radical (unpaired) electrons. The predicted octanol–water partition coefficient (Wildman–Crippen LogP) is -0.832. The highest BCUT2D eigenvalue weighted by Gasteiger charge is 2.23. The molecule has 1 atom stereocenters. The van der Waals surface area contributed by atoms with Gasteiger partial charge in [0.2, 0.25) is 12.3 Å². The number of esters is 1. The van der Waals surface area contributed by atoms with Crippen LogP contribution in [0.15, 0.2) is 0 Å². The van der Waals surface area contributed by atoms with Crippen LogP contribution in [0.4, 0.5) is 0 Å². The Balaban J connectivity index is 4.55. The first kappa shape index (κ1) is 17.8. The van der Waals surface area contributed by atoms with Crippen molar-refractivity contribution in [2.45, 2.75) is 38.8 Å². The van der Waals surface area contributed by atoms with E-state index >= 15 is 0 Å². The van der Waals surface area contributed by atoms with Gasteiger partial charge in [-0.1, -0.05) is 0 Å². The van der Waals surface area contributed by atoms with E-state index in [9.17, 15) is 19.2 Å². The SMILES string of the molecule is CC(C)OC(=O)C(CCC(=O)C=N)NC(=O)CNC=O. The molecule has 0 aromatic heterocycles. The van der Waals surface area contributed by atoms with Gasteiger partial charge in [0.1, 0.15) is 6.04 Å². The standard InChI is InChI=1S/C12H19N3O5/c1-8(2)20-12(19)10(4-3-9(17)5-13)15-11(18)6-14-7-16/h5,7-8,10,13H,3-4,6H2,1-2H3,(H,14,16)(H,15,18). The van der Waals surface area contributed by atoms with Gasteiger partial charge in [0.05, 0.1) is 18.9 Å². The van der Waals surface area contributed by atoms with E-state index in [2.05, 4.69) is 10.6 Å². The van der Waals surface area contributed by atoms with Crippen molar-refractivity contribution in [1.82, 2.24) is 10.6 Å². The minimum Gasteiger partial charge on any atom is -0.461 e. The van der Waals surface area contributed by atoms with E-state index in [0.717, 1.165) is 0 Å². The molecule has 1 unspecified atom stereocenters. The Bertz CT molecular complexity index is 381. The highest BCUT2D eigenvalue weighted by atomic mass is 16.5. The third-order valence-electron chi connectivity index (χ3n) is 2.16. The van der Waals surface area contributed by atoms with Crippen LogP contribution < -0.4 is 10.6 Å². The Morgan fingerprint density at radius 1 is 1.30 bits per heavy atom. The number of carbonyl (C=O) groups excluding carboxylic acids is 4. The number of rotatable bonds is 10. The average molecular weight is 285 g/mol. The smallest absolute Gasteiger partial charge is 0.328 e. The summed E-state index contributed by atoms with van der Waals surface area (Å²) in [6.45, 7) is 3.05. The lowest BCUT2D eigenvalue weighted by Crippen LogP contribution is -2.46. The van der Waals surface area contributed by atoms with E-state index in [4.69, 9.17) is 10.1 Å². The molecule has 0 aromatic carbocycles. The summed E-state index contributed by atoms with van der Waals surface area (Å²) in [5.41, 5.74) is 0. The summed E-state index contributed by atoms with van der Waals surface area (Å²) in [4.78, 5) is 44.3. The molecule has 8 heteroatoms. The van der Waals surface area contributed by atoms with Crippen LogP contribution >= 0.6 is 0 Å². The zero-order valence-electron chi connectivity index (χ0n) is 11.5. The van der Waals surface area contributed by atoms with Crippen LogP contribution in [0.25, 0.3) is 0 Å². The molecule has 0 aliphatic heterocycles. The summed E-state index contributed by atoms with van der Waals surface area (Å²) in [5, 5.41) is 11.3. The van der Waals surface area contributed by atoms with Crippen molar-refractivity contribution in [1.29, 1.82) is 5.41 Å². The maximum Gasteiger partial charge on any atom is 0.328 e. The topological polar surface area (TPSA) is 125 Å². The molecule has 3 N–H and O–H groups in total. The molecule has 0 rings (SSSR count). The summed E-state index contributed by atoms with van der Waals surface area (Å²) in [5.74, 6) is -1.67. The third-order valence-corrected chi connectivity index (χ3v) is 2.16. The molecule has 0 aliphatic carbocycles. The Hall–Kier alpha value is -2.25. The molecule has 0 aromatic rings. The minimum absolute atomic E-state index is 0.0343. The molecule has 8 nitrogen and oxygen atoms in total. The van der Waals surface area contributed by atoms with E-state index in [1.54, 1.807) is 13.8 Å². The first-order chi connectivity index (χ1) is 9.40. The Morgan fingerprint density at radius 3 is 2.45 bits per heavy atom. The van der Waals surface area contributed by atoms with Gasteiger partial charge in [0.25, 0.3) is 0 Å². The maximum absolute atomic E-state index is 11.8. The number of hydrogen-bond donors (Lipinski definition) is 3. The van der Waals surface area contributed by atoms with Crippen molar-refractivity contribution in [3.8, 4) is 0 Å². The lowest BCUT2D eigenvalue weighted by atomic mass is 10.1. The lowest BCUT2D eigenvalue weighted by molar-refractivity contribution is -0.151. The summed E-state index contributed by atoms with van der Waals surface area (Å²) in [7, 11) is 0. The normalized spacial score (nSPS) is 11.3. The molecular weight excluding hydrogens is 266 g/mol. The fourth-order valence-corrected chi connectivity index (χ4v) is 1.30. The highest BCUT2D eigenvalue weighted by molar-refractivity contribution is 6.26. The second kappa shape index (κ2) is 9.65. The molecule has 20 heavy (non-hydrogen) atoms. The quantitative estimate of drug-likeness (QED) is 0.274. The summed E-state index contributed by atoms with van der Waals surface area (Å²) >= 11 is 0. The van der Waals surface area contributed by atoms with Gasteiger partial charge >= 0.3 is 5.97 Å². The Morgan fingerprint density at radius 2 is 1.95 bits per heavy atom. The van der Waals surface area contributed by atoms with Crippen LogP contribution in [-0.4, -0.2) is 49.0 Å². The minimum atomic E-state index is -0.984. The predicted molar refractivity (Wildman–Crippen MR) is 70.3 cm³/mol. The van der Waals surface area contributed by atoms with Crippen molar-refractivity contribution in [3.05, 3.63) is 0 Å². The monoisotopic (exact) mass is 285 g/mol. The second-order valence-electron chi connectivity index (χ2n) is 4.25. The van der Waals surface area contributed by atoms with Crippen molar-refractivity contribution in [3.63, 3.8) is 0 Å². The molecule has 2 amide bonds. The second-order valence-corrected chi connectivity index (χ2v) is 4.25. The van der Waals surface area contributed by atoms with E-state index in [1.807, 2.05) is 0 Å². The lowest BCUT2D eigenvalue weighted by Gasteiger charge is -2.18. The van der Waals surface area contributed by atoms with Crippen LogP contribution in [-0.2, 0) is 23.9 Å². The molecule has 0 saturated heterocycles. The van der Waals surface area contributed by atoms with Crippen molar-refractivity contribution in [2.75, 3.05) is 6.54 Å². The number of Topliss-reactive ketones (excluding diaryl/α,β-unsaturated/α-hetero) is 1. The number of nitrogens with one attached hydrogen (secondary N) is 3. The van der Waals surface area contributed by atoms with Gasteiger partial charge in [0, 0.05) is 6.42 Å².